The average Bonchev–Trinajstić information content (AvgIpc) is 2.50. The Morgan fingerprint density at radius 3 is 2.78 bits per heavy atom. The molecule has 0 spiro atoms. The lowest BCUT2D eigenvalue weighted by atomic mass is 10.0. The Hall–Kier alpha value is -1.62. The number of nitrogens with one attached hydrogen (secondary N) is 1. The molecule has 1 aliphatic heterocycles. The van der Waals surface area contributed by atoms with Crippen LogP contribution >= 0.6 is 15.9 Å². The minimum atomic E-state index is 0.667. The third-order valence-corrected chi connectivity index (χ3v) is 5.13. The molecule has 23 heavy (non-hydrogen) atoms. The predicted molar refractivity (Wildman–Crippen MR) is 99.5 cm³/mol. The van der Waals surface area contributed by atoms with Crippen LogP contribution in [0, 0.1) is 19.8 Å². The lowest BCUT2D eigenvalue weighted by Gasteiger charge is -2.32. The molecule has 0 aliphatic carbocycles. The summed E-state index contributed by atoms with van der Waals surface area (Å²) < 4.78 is 1.11. The van der Waals surface area contributed by atoms with Crippen LogP contribution in [0.4, 0.5) is 17.5 Å². The lowest BCUT2D eigenvalue weighted by Crippen LogP contribution is -2.35. The van der Waals surface area contributed by atoms with Gasteiger partial charge >= 0.3 is 0 Å². The summed E-state index contributed by atoms with van der Waals surface area (Å²) in [5.41, 5.74) is 3.19. The van der Waals surface area contributed by atoms with E-state index >= 15 is 0 Å². The first kappa shape index (κ1) is 16.2. The van der Waals surface area contributed by atoms with Crippen molar-refractivity contribution in [2.75, 3.05) is 23.3 Å². The van der Waals surface area contributed by atoms with Crippen molar-refractivity contribution < 1.29 is 0 Å². The highest BCUT2D eigenvalue weighted by Gasteiger charge is 2.18. The molecule has 0 radical (unpaired) electrons. The van der Waals surface area contributed by atoms with Gasteiger partial charge in [0.1, 0.15) is 5.82 Å². The summed E-state index contributed by atoms with van der Waals surface area (Å²) in [7, 11) is 0. The fourth-order valence-corrected chi connectivity index (χ4v) is 3.27. The van der Waals surface area contributed by atoms with E-state index in [1.807, 2.05) is 19.1 Å². The number of nitrogens with zero attached hydrogens (tertiary/aromatic N) is 3. The van der Waals surface area contributed by atoms with Crippen LogP contribution in [0.1, 0.15) is 31.0 Å². The van der Waals surface area contributed by atoms with Crippen molar-refractivity contribution in [1.82, 2.24) is 9.97 Å². The highest BCUT2D eigenvalue weighted by Crippen LogP contribution is 2.25. The average molecular weight is 375 g/mol. The van der Waals surface area contributed by atoms with Crippen molar-refractivity contribution in [2.24, 2.45) is 5.92 Å². The number of hydrogen-bond donors (Lipinski definition) is 1. The van der Waals surface area contributed by atoms with E-state index in [9.17, 15) is 0 Å². The van der Waals surface area contributed by atoms with Gasteiger partial charge in [-0.15, -0.1) is 0 Å². The normalized spacial score (nSPS) is 18.1. The second-order valence-corrected chi connectivity index (χ2v) is 7.33. The molecular formula is C18H23BrN4. The van der Waals surface area contributed by atoms with Crippen molar-refractivity contribution in [3.05, 3.63) is 40.0 Å². The number of piperidine rings is 1. The van der Waals surface area contributed by atoms with Crippen LogP contribution in [0.15, 0.2) is 28.7 Å². The van der Waals surface area contributed by atoms with Gasteiger partial charge in [-0.1, -0.05) is 22.9 Å². The molecule has 1 fully saturated rings. The van der Waals surface area contributed by atoms with Crippen molar-refractivity contribution >= 4 is 33.4 Å². The largest absolute Gasteiger partial charge is 0.356 e. The fraction of sp³-hybridized carbons (Fsp3) is 0.444. The minimum Gasteiger partial charge on any atom is -0.356 e. The van der Waals surface area contributed by atoms with Crippen molar-refractivity contribution in [3.8, 4) is 0 Å². The van der Waals surface area contributed by atoms with E-state index in [0.717, 1.165) is 40.7 Å². The third-order valence-electron chi connectivity index (χ3n) is 4.24. The van der Waals surface area contributed by atoms with Gasteiger partial charge in [-0.05, 0) is 56.4 Å². The predicted octanol–water partition coefficient (Wildman–Crippen LogP) is 4.84. The van der Waals surface area contributed by atoms with E-state index in [-0.39, 0.29) is 0 Å². The topological polar surface area (TPSA) is 41.1 Å². The molecule has 2 aromatic rings. The van der Waals surface area contributed by atoms with E-state index in [1.54, 1.807) is 0 Å². The first-order valence-corrected chi connectivity index (χ1v) is 8.94. The molecule has 2 heterocycles. The molecule has 122 valence electrons. The molecule has 1 aromatic heterocycles. The molecule has 1 N–H and O–H groups in total. The van der Waals surface area contributed by atoms with Crippen LogP contribution in [0.25, 0.3) is 0 Å². The van der Waals surface area contributed by atoms with Crippen LogP contribution in [0.3, 0.4) is 0 Å². The van der Waals surface area contributed by atoms with E-state index in [1.165, 1.54) is 18.4 Å². The maximum atomic E-state index is 4.73. The van der Waals surface area contributed by atoms with Crippen LogP contribution in [0.5, 0.6) is 0 Å². The number of hydrogen-bond acceptors (Lipinski definition) is 4. The van der Waals surface area contributed by atoms with Crippen LogP contribution in [-0.4, -0.2) is 23.1 Å². The van der Waals surface area contributed by atoms with Gasteiger partial charge in [0.25, 0.3) is 0 Å². The van der Waals surface area contributed by atoms with Gasteiger partial charge < -0.3 is 10.2 Å². The summed E-state index contributed by atoms with van der Waals surface area (Å²) >= 11 is 3.53. The molecule has 1 unspecified atom stereocenters. The van der Waals surface area contributed by atoms with E-state index in [2.05, 4.69) is 57.1 Å². The Morgan fingerprint density at radius 1 is 1.22 bits per heavy atom. The first-order chi connectivity index (χ1) is 11.0. The number of halogens is 1. The molecule has 1 atom stereocenters. The highest BCUT2D eigenvalue weighted by molar-refractivity contribution is 9.10. The fourth-order valence-electron chi connectivity index (χ4n) is 3.02. The Kier molecular flexibility index (Phi) is 4.85. The SMILES string of the molecule is Cc1cc(N2CCCC(C)C2)nc(Nc2ccc(Br)c(C)c2)n1. The number of benzene rings is 1. The van der Waals surface area contributed by atoms with Crippen LogP contribution in [0.2, 0.25) is 0 Å². The van der Waals surface area contributed by atoms with Gasteiger partial charge in [-0.25, -0.2) is 4.98 Å². The van der Waals surface area contributed by atoms with Gasteiger partial charge in [0.2, 0.25) is 5.95 Å². The number of rotatable bonds is 3. The molecule has 1 aromatic carbocycles. The first-order valence-electron chi connectivity index (χ1n) is 8.15. The Morgan fingerprint density at radius 2 is 2.04 bits per heavy atom. The molecule has 0 bridgehead atoms. The van der Waals surface area contributed by atoms with E-state index < -0.39 is 0 Å². The smallest absolute Gasteiger partial charge is 0.229 e. The second-order valence-electron chi connectivity index (χ2n) is 6.47. The summed E-state index contributed by atoms with van der Waals surface area (Å²) in [5, 5.41) is 3.33. The number of aryl methyl sites for hydroxylation is 2. The standard InChI is InChI=1S/C18H23BrN4/c1-12-5-4-8-23(11-12)17-10-14(3)20-18(22-17)21-15-6-7-16(19)13(2)9-15/h6-7,9-10,12H,4-5,8,11H2,1-3H3,(H,20,21,22). The summed E-state index contributed by atoms with van der Waals surface area (Å²) in [4.78, 5) is 11.6. The van der Waals surface area contributed by atoms with Gasteiger partial charge in [-0.2, -0.15) is 4.98 Å². The van der Waals surface area contributed by atoms with Gasteiger partial charge in [0.05, 0.1) is 0 Å². The van der Waals surface area contributed by atoms with Gasteiger partial charge in [-0.3, -0.25) is 0 Å². The zero-order valence-electron chi connectivity index (χ0n) is 13.9. The zero-order chi connectivity index (χ0) is 16.4. The zero-order valence-corrected chi connectivity index (χ0v) is 15.5. The Labute approximate surface area is 146 Å². The van der Waals surface area contributed by atoms with Gasteiger partial charge in [0, 0.05) is 35.0 Å². The highest BCUT2D eigenvalue weighted by atomic mass is 79.9. The molecule has 5 heteroatoms. The summed E-state index contributed by atoms with van der Waals surface area (Å²) in [6.07, 6.45) is 2.54. The summed E-state index contributed by atoms with van der Waals surface area (Å²) in [5.74, 6) is 2.42. The van der Waals surface area contributed by atoms with E-state index in [4.69, 9.17) is 4.98 Å². The van der Waals surface area contributed by atoms with E-state index in [0.29, 0.717) is 5.95 Å². The van der Waals surface area contributed by atoms with Gasteiger partial charge in [0.15, 0.2) is 0 Å². The Balaban J connectivity index is 1.83. The second kappa shape index (κ2) is 6.87. The van der Waals surface area contributed by atoms with Crippen molar-refractivity contribution in [3.63, 3.8) is 0 Å². The number of aromatic nitrogens is 2. The quantitative estimate of drug-likeness (QED) is 0.834. The maximum absolute atomic E-state index is 4.73. The molecule has 4 nitrogen and oxygen atoms in total. The van der Waals surface area contributed by atoms with Crippen LogP contribution in [-0.2, 0) is 0 Å². The molecular weight excluding hydrogens is 352 g/mol. The third kappa shape index (κ3) is 4.02. The number of anilines is 3. The molecule has 0 amide bonds. The van der Waals surface area contributed by atoms with Crippen molar-refractivity contribution in [2.45, 2.75) is 33.6 Å². The van der Waals surface area contributed by atoms with Crippen LogP contribution < -0.4 is 10.2 Å². The summed E-state index contributed by atoms with van der Waals surface area (Å²) in [6, 6.07) is 8.25. The maximum Gasteiger partial charge on any atom is 0.229 e. The molecule has 0 saturated carbocycles. The molecule has 3 rings (SSSR count). The summed E-state index contributed by atoms with van der Waals surface area (Å²) in [6.45, 7) is 8.57. The monoisotopic (exact) mass is 374 g/mol. The van der Waals surface area contributed by atoms with Crippen molar-refractivity contribution in [1.29, 1.82) is 0 Å². The molecule has 1 saturated heterocycles. The molecule has 1 aliphatic rings. The lowest BCUT2D eigenvalue weighted by molar-refractivity contribution is 0.444. The minimum absolute atomic E-state index is 0.667. The Bertz CT molecular complexity index is 701.